The maximum absolute atomic E-state index is 13.0. The molecule has 1 aromatic carbocycles. The van der Waals surface area contributed by atoms with Gasteiger partial charge in [0, 0.05) is 43.3 Å². The highest BCUT2D eigenvalue weighted by Gasteiger charge is 2.28. The van der Waals surface area contributed by atoms with Crippen molar-refractivity contribution in [2.75, 3.05) is 40.3 Å². The van der Waals surface area contributed by atoms with Gasteiger partial charge in [-0.15, -0.1) is 0 Å². The summed E-state index contributed by atoms with van der Waals surface area (Å²) in [5.41, 5.74) is -0.0194. The van der Waals surface area contributed by atoms with Crippen molar-refractivity contribution in [3.05, 3.63) is 40.2 Å². The first-order valence-corrected chi connectivity index (χ1v) is 11.2. The third-order valence-corrected chi connectivity index (χ3v) is 7.22. The number of nitrogens with zero attached hydrogens (tertiary/aromatic N) is 2. The predicted octanol–water partition coefficient (Wildman–Crippen LogP) is 1.24. The average molecular weight is 421 g/mol. The molecule has 2 N–H and O–H groups in total. The second-order valence-electron chi connectivity index (χ2n) is 7.88. The molecule has 0 atom stereocenters. The second-order valence-corrected chi connectivity index (χ2v) is 9.82. The number of piperidine rings is 1. The Labute approximate surface area is 170 Å². The number of carbonyl (C=O) groups excluding carboxylic acids is 1. The number of likely N-dealkylation sites (N-methyl/N-ethyl adjacent to an activating group) is 1. The van der Waals surface area contributed by atoms with Crippen molar-refractivity contribution < 1.29 is 13.2 Å². The van der Waals surface area contributed by atoms with E-state index in [9.17, 15) is 18.0 Å². The van der Waals surface area contributed by atoms with Crippen LogP contribution in [0, 0.1) is 5.92 Å². The summed E-state index contributed by atoms with van der Waals surface area (Å²) in [5, 5.41) is 2.90. The molecule has 9 heteroatoms. The first kappa shape index (κ1) is 21.5. The number of aromatic amines is 1. The lowest BCUT2D eigenvalue weighted by molar-refractivity contribution is 0.0950. The normalized spacial score (nSPS) is 16.4. The van der Waals surface area contributed by atoms with Gasteiger partial charge >= 0.3 is 0 Å². The number of nitrogens with one attached hydrogen (secondary N) is 2. The van der Waals surface area contributed by atoms with Gasteiger partial charge in [0.25, 0.3) is 5.91 Å². The van der Waals surface area contributed by atoms with Crippen LogP contribution in [0.5, 0.6) is 0 Å². The smallest absolute Gasteiger partial charge is 0.256 e. The van der Waals surface area contributed by atoms with E-state index in [1.807, 2.05) is 19.0 Å². The largest absolute Gasteiger partial charge is 0.360 e. The third-order valence-electron chi connectivity index (χ3n) is 5.32. The SMILES string of the molecule is CC1CCN(S(=O)(=O)c2ccc3[nH]cc(C(=O)NCCN(C)C)c(=O)c3c2)CC1. The van der Waals surface area contributed by atoms with Crippen molar-refractivity contribution in [2.45, 2.75) is 24.7 Å². The molecule has 0 bridgehead atoms. The lowest BCUT2D eigenvalue weighted by Crippen LogP contribution is -2.38. The van der Waals surface area contributed by atoms with Gasteiger partial charge in [-0.3, -0.25) is 9.59 Å². The number of hydrogen-bond donors (Lipinski definition) is 2. The molecule has 1 saturated heterocycles. The Morgan fingerprint density at radius 1 is 1.28 bits per heavy atom. The van der Waals surface area contributed by atoms with Gasteiger partial charge in [0.2, 0.25) is 15.5 Å². The third kappa shape index (κ3) is 4.68. The van der Waals surface area contributed by atoms with Crippen molar-refractivity contribution in [3.8, 4) is 0 Å². The number of rotatable bonds is 6. The van der Waals surface area contributed by atoms with Crippen molar-refractivity contribution in [3.63, 3.8) is 0 Å². The Kier molecular flexibility index (Phi) is 6.40. The molecule has 0 saturated carbocycles. The van der Waals surface area contributed by atoms with E-state index in [4.69, 9.17) is 0 Å². The van der Waals surface area contributed by atoms with Crippen LogP contribution in [-0.2, 0) is 10.0 Å². The van der Waals surface area contributed by atoms with E-state index in [1.54, 1.807) is 6.07 Å². The van der Waals surface area contributed by atoms with E-state index in [0.29, 0.717) is 37.6 Å². The van der Waals surface area contributed by atoms with Crippen LogP contribution in [-0.4, -0.2) is 68.8 Å². The summed E-state index contributed by atoms with van der Waals surface area (Å²) in [6, 6.07) is 4.45. The Morgan fingerprint density at radius 3 is 2.62 bits per heavy atom. The van der Waals surface area contributed by atoms with Gasteiger partial charge in [-0.25, -0.2) is 8.42 Å². The van der Waals surface area contributed by atoms with Gasteiger partial charge < -0.3 is 15.2 Å². The van der Waals surface area contributed by atoms with Crippen LogP contribution in [0.3, 0.4) is 0 Å². The average Bonchev–Trinajstić information content (AvgIpc) is 2.68. The van der Waals surface area contributed by atoms with Gasteiger partial charge in [-0.2, -0.15) is 4.31 Å². The fraction of sp³-hybridized carbons (Fsp3) is 0.500. The summed E-state index contributed by atoms with van der Waals surface area (Å²) in [5.74, 6) is 0.0303. The molecule has 1 aliphatic heterocycles. The zero-order valence-electron chi connectivity index (χ0n) is 17.1. The molecular weight excluding hydrogens is 392 g/mol. The van der Waals surface area contributed by atoms with Gasteiger partial charge in [0.05, 0.1) is 4.90 Å². The van der Waals surface area contributed by atoms with Gasteiger partial charge in [0.15, 0.2) is 0 Å². The molecule has 8 nitrogen and oxygen atoms in total. The molecule has 1 amide bonds. The number of fused-ring (bicyclic) bond motifs is 1. The fourth-order valence-corrected chi connectivity index (χ4v) is 4.89. The molecule has 1 aliphatic rings. The lowest BCUT2D eigenvalue weighted by atomic mass is 10.0. The molecular formula is C20H28N4O4S. The topological polar surface area (TPSA) is 103 Å². The van der Waals surface area contributed by atoms with Crippen molar-refractivity contribution >= 4 is 26.8 Å². The van der Waals surface area contributed by atoms with Crippen molar-refractivity contribution in [2.24, 2.45) is 5.92 Å². The maximum atomic E-state index is 13.0. The summed E-state index contributed by atoms with van der Waals surface area (Å²) in [6.07, 6.45) is 3.02. The highest BCUT2D eigenvalue weighted by atomic mass is 32.2. The number of amides is 1. The summed E-state index contributed by atoms with van der Waals surface area (Å²) < 4.78 is 27.5. The molecule has 29 heavy (non-hydrogen) atoms. The van der Waals surface area contributed by atoms with Crippen LogP contribution in [0.1, 0.15) is 30.1 Å². The van der Waals surface area contributed by atoms with Gasteiger partial charge in [-0.1, -0.05) is 6.92 Å². The highest BCUT2D eigenvalue weighted by Crippen LogP contribution is 2.24. The second kappa shape index (κ2) is 8.64. The maximum Gasteiger partial charge on any atom is 0.256 e. The molecule has 0 unspecified atom stereocenters. The highest BCUT2D eigenvalue weighted by molar-refractivity contribution is 7.89. The summed E-state index contributed by atoms with van der Waals surface area (Å²) in [6.45, 7) is 4.13. The van der Waals surface area contributed by atoms with E-state index in [2.05, 4.69) is 17.2 Å². The van der Waals surface area contributed by atoms with Crippen LogP contribution >= 0.6 is 0 Å². The Hall–Kier alpha value is -2.23. The Morgan fingerprint density at radius 2 is 1.97 bits per heavy atom. The van der Waals surface area contributed by atoms with Gasteiger partial charge in [0.1, 0.15) is 5.56 Å². The summed E-state index contributed by atoms with van der Waals surface area (Å²) in [4.78, 5) is 30.2. The van der Waals surface area contributed by atoms with E-state index >= 15 is 0 Å². The minimum Gasteiger partial charge on any atom is -0.360 e. The monoisotopic (exact) mass is 420 g/mol. The number of carbonyl (C=O) groups is 1. The first-order valence-electron chi connectivity index (χ1n) is 9.78. The minimum atomic E-state index is -3.68. The number of benzene rings is 1. The van der Waals surface area contributed by atoms with Crippen LogP contribution in [0.15, 0.2) is 34.1 Å². The predicted molar refractivity (Wildman–Crippen MR) is 113 cm³/mol. The first-order chi connectivity index (χ1) is 13.7. The van der Waals surface area contributed by atoms with E-state index in [1.165, 1.54) is 22.6 Å². The van der Waals surface area contributed by atoms with Crippen LogP contribution in [0.2, 0.25) is 0 Å². The Balaban J connectivity index is 1.91. The number of pyridine rings is 1. The van der Waals surface area contributed by atoms with Crippen LogP contribution in [0.25, 0.3) is 10.9 Å². The molecule has 2 heterocycles. The number of H-pyrrole nitrogens is 1. The van der Waals surface area contributed by atoms with Crippen molar-refractivity contribution in [1.29, 1.82) is 0 Å². The fourth-order valence-electron chi connectivity index (χ4n) is 3.39. The van der Waals surface area contributed by atoms with Crippen LogP contribution in [0.4, 0.5) is 0 Å². The molecule has 0 spiro atoms. The van der Waals surface area contributed by atoms with Crippen molar-refractivity contribution in [1.82, 2.24) is 19.5 Å². The molecule has 0 aliphatic carbocycles. The summed E-state index contributed by atoms with van der Waals surface area (Å²) in [7, 11) is 0.102. The zero-order valence-corrected chi connectivity index (χ0v) is 17.9. The number of hydrogen-bond acceptors (Lipinski definition) is 5. The van der Waals surface area contributed by atoms with E-state index < -0.39 is 21.4 Å². The standard InChI is InChI=1S/C20H28N4O4S/c1-14-6-9-24(10-7-14)29(27,28)15-4-5-18-16(12-15)19(25)17(13-22-18)20(26)21-8-11-23(2)3/h4-5,12-14H,6-11H2,1-3H3,(H,21,26)(H,22,25). The van der Waals surface area contributed by atoms with E-state index in [0.717, 1.165) is 12.8 Å². The molecule has 1 fully saturated rings. The summed E-state index contributed by atoms with van der Waals surface area (Å²) >= 11 is 0. The molecule has 3 rings (SSSR count). The molecule has 2 aromatic rings. The molecule has 0 radical (unpaired) electrons. The van der Waals surface area contributed by atoms with Gasteiger partial charge in [-0.05, 0) is 51.1 Å². The zero-order chi connectivity index (χ0) is 21.2. The lowest BCUT2D eigenvalue weighted by Gasteiger charge is -2.29. The molecule has 158 valence electrons. The quantitative estimate of drug-likeness (QED) is 0.732. The molecule has 1 aromatic heterocycles. The van der Waals surface area contributed by atoms with Crippen LogP contribution < -0.4 is 10.7 Å². The minimum absolute atomic E-state index is 0.0300. The van der Waals surface area contributed by atoms with E-state index in [-0.39, 0.29) is 15.8 Å². The number of aromatic nitrogens is 1. The number of sulfonamides is 1. The Bertz CT molecular complexity index is 1050.